The predicted molar refractivity (Wildman–Crippen MR) is 76.5 cm³/mol. The molecule has 0 aromatic carbocycles. The number of rotatable bonds is 5. The molecule has 2 N–H and O–H groups in total. The van der Waals surface area contributed by atoms with Crippen LogP contribution in [0.25, 0.3) is 0 Å². The monoisotopic (exact) mass is 312 g/mol. The highest BCUT2D eigenvalue weighted by molar-refractivity contribution is 5.79. The van der Waals surface area contributed by atoms with Gasteiger partial charge in [0.2, 0.25) is 0 Å². The summed E-state index contributed by atoms with van der Waals surface area (Å²) in [5, 5.41) is 9.88. The Balaban J connectivity index is 1.92. The Labute approximate surface area is 126 Å². The zero-order chi connectivity index (χ0) is 16.1. The van der Waals surface area contributed by atoms with Gasteiger partial charge in [0.05, 0.1) is 12.2 Å². The molecule has 22 heavy (non-hydrogen) atoms. The number of nitrogens with zero attached hydrogens (tertiary/aromatic N) is 4. The van der Waals surface area contributed by atoms with E-state index in [-0.39, 0.29) is 12.4 Å². The fraction of sp³-hybridized carbons (Fsp3) is 0.462. The van der Waals surface area contributed by atoms with Gasteiger partial charge >= 0.3 is 6.55 Å². The Kier molecular flexibility index (Phi) is 5.08. The summed E-state index contributed by atoms with van der Waals surface area (Å²) in [5.74, 6) is 1.44. The summed E-state index contributed by atoms with van der Waals surface area (Å²) in [7, 11) is 1.60. The van der Waals surface area contributed by atoms with E-state index >= 15 is 0 Å². The highest BCUT2D eigenvalue weighted by Gasteiger charge is 2.12. The van der Waals surface area contributed by atoms with Crippen LogP contribution in [0, 0.1) is 13.8 Å². The molecular weight excluding hydrogens is 294 g/mol. The molecule has 0 saturated carbocycles. The Hall–Kier alpha value is -2.45. The summed E-state index contributed by atoms with van der Waals surface area (Å²) in [4.78, 5) is 7.93. The van der Waals surface area contributed by atoms with E-state index in [9.17, 15) is 8.78 Å². The molecule has 2 aromatic heterocycles. The van der Waals surface area contributed by atoms with Gasteiger partial charge in [0.15, 0.2) is 5.96 Å². The van der Waals surface area contributed by atoms with Crippen LogP contribution >= 0.6 is 0 Å². The first kappa shape index (κ1) is 15.9. The van der Waals surface area contributed by atoms with Crippen molar-refractivity contribution in [2.24, 2.45) is 4.99 Å². The lowest BCUT2D eigenvalue weighted by Crippen LogP contribution is -2.37. The van der Waals surface area contributed by atoms with Gasteiger partial charge in [-0.1, -0.05) is 5.16 Å². The van der Waals surface area contributed by atoms with Crippen LogP contribution in [0.1, 0.15) is 29.4 Å². The van der Waals surface area contributed by atoms with Crippen LogP contribution in [-0.4, -0.2) is 27.7 Å². The van der Waals surface area contributed by atoms with Crippen molar-refractivity contribution in [2.45, 2.75) is 33.5 Å². The van der Waals surface area contributed by atoms with Gasteiger partial charge in [-0.05, 0) is 13.8 Å². The topological polar surface area (TPSA) is 80.3 Å². The molecule has 9 heteroatoms. The van der Waals surface area contributed by atoms with E-state index in [0.29, 0.717) is 12.5 Å². The van der Waals surface area contributed by atoms with Crippen molar-refractivity contribution in [1.82, 2.24) is 25.3 Å². The average molecular weight is 312 g/mol. The lowest BCUT2D eigenvalue weighted by Gasteiger charge is -2.12. The van der Waals surface area contributed by atoms with Crippen LogP contribution in [-0.2, 0) is 13.1 Å². The van der Waals surface area contributed by atoms with Gasteiger partial charge in [0, 0.05) is 31.5 Å². The van der Waals surface area contributed by atoms with E-state index in [1.807, 2.05) is 13.8 Å². The van der Waals surface area contributed by atoms with Gasteiger partial charge in [-0.3, -0.25) is 9.56 Å². The Morgan fingerprint density at radius 1 is 1.36 bits per heavy atom. The maximum Gasteiger partial charge on any atom is 0.319 e. The van der Waals surface area contributed by atoms with Gasteiger partial charge in [-0.25, -0.2) is 4.98 Å². The highest BCUT2D eigenvalue weighted by atomic mass is 19.3. The van der Waals surface area contributed by atoms with Crippen molar-refractivity contribution < 1.29 is 13.3 Å². The second kappa shape index (κ2) is 7.01. The van der Waals surface area contributed by atoms with Gasteiger partial charge < -0.3 is 15.2 Å². The minimum absolute atomic E-state index is 0.138. The van der Waals surface area contributed by atoms with Crippen LogP contribution in [0.15, 0.2) is 21.9 Å². The van der Waals surface area contributed by atoms with Crippen molar-refractivity contribution in [3.05, 3.63) is 35.2 Å². The maximum absolute atomic E-state index is 12.7. The van der Waals surface area contributed by atoms with E-state index in [1.165, 1.54) is 12.4 Å². The standard InChI is InChI=1S/C13H18F2N6O/c1-8-10(9(2)22-20-8)6-18-13(16-3)19-7-11-17-4-5-21(11)12(14)15/h4-5,12H,6-7H2,1-3H3,(H2,16,18,19). The van der Waals surface area contributed by atoms with Gasteiger partial charge in [-0.2, -0.15) is 8.78 Å². The van der Waals surface area contributed by atoms with Crippen molar-refractivity contribution in [1.29, 1.82) is 0 Å². The summed E-state index contributed by atoms with van der Waals surface area (Å²) in [6, 6.07) is 0. The number of halogens is 2. The van der Waals surface area contributed by atoms with Crippen molar-refractivity contribution >= 4 is 5.96 Å². The van der Waals surface area contributed by atoms with Crippen LogP contribution < -0.4 is 10.6 Å². The third kappa shape index (κ3) is 3.60. The number of aromatic nitrogens is 3. The molecule has 0 spiro atoms. The van der Waals surface area contributed by atoms with Crippen LogP contribution in [0.5, 0.6) is 0 Å². The second-order valence-corrected chi connectivity index (χ2v) is 4.61. The molecule has 2 rings (SSSR count). The predicted octanol–water partition coefficient (Wildman–Crippen LogP) is 1.75. The molecule has 0 fully saturated rings. The van der Waals surface area contributed by atoms with Crippen molar-refractivity contribution in [3.63, 3.8) is 0 Å². The van der Waals surface area contributed by atoms with Crippen LogP contribution in [0.3, 0.4) is 0 Å². The normalized spacial score (nSPS) is 12.0. The summed E-state index contributed by atoms with van der Waals surface area (Å²) in [6.07, 6.45) is 2.57. The highest BCUT2D eigenvalue weighted by Crippen LogP contribution is 2.12. The zero-order valence-corrected chi connectivity index (χ0v) is 12.6. The van der Waals surface area contributed by atoms with Gasteiger partial charge in [-0.15, -0.1) is 0 Å². The molecular formula is C13H18F2N6O. The number of alkyl halides is 2. The van der Waals surface area contributed by atoms with Gasteiger partial charge in [0.25, 0.3) is 0 Å². The minimum atomic E-state index is -2.61. The molecule has 0 bridgehead atoms. The second-order valence-electron chi connectivity index (χ2n) is 4.61. The summed E-state index contributed by atoms with van der Waals surface area (Å²) >= 11 is 0. The van der Waals surface area contributed by atoms with Crippen molar-refractivity contribution in [2.75, 3.05) is 7.05 Å². The van der Waals surface area contributed by atoms with Crippen molar-refractivity contribution in [3.8, 4) is 0 Å². The number of guanidine groups is 1. The number of aliphatic imine (C=N–C) groups is 1. The van der Waals surface area contributed by atoms with E-state index in [0.717, 1.165) is 21.6 Å². The third-order valence-electron chi connectivity index (χ3n) is 3.21. The van der Waals surface area contributed by atoms with E-state index in [4.69, 9.17) is 4.52 Å². The van der Waals surface area contributed by atoms with Crippen LogP contribution in [0.2, 0.25) is 0 Å². The number of hydrogen-bond acceptors (Lipinski definition) is 4. The molecule has 2 aromatic rings. The number of imidazole rings is 1. The fourth-order valence-corrected chi connectivity index (χ4v) is 1.97. The molecule has 120 valence electrons. The average Bonchev–Trinajstić information content (AvgIpc) is 3.08. The first-order chi connectivity index (χ1) is 10.5. The summed E-state index contributed by atoms with van der Waals surface area (Å²) in [6.45, 7) is 1.68. The SMILES string of the molecule is CN=C(NCc1c(C)noc1C)NCc1nccn1C(F)F. The summed E-state index contributed by atoms with van der Waals surface area (Å²) < 4.78 is 31.3. The Morgan fingerprint density at radius 3 is 2.68 bits per heavy atom. The lowest BCUT2D eigenvalue weighted by molar-refractivity contribution is 0.0668. The van der Waals surface area contributed by atoms with E-state index in [1.54, 1.807) is 7.05 Å². The van der Waals surface area contributed by atoms with Crippen LogP contribution in [0.4, 0.5) is 8.78 Å². The molecule has 2 heterocycles. The molecule has 0 radical (unpaired) electrons. The first-order valence-electron chi connectivity index (χ1n) is 6.69. The van der Waals surface area contributed by atoms with E-state index in [2.05, 4.69) is 25.8 Å². The zero-order valence-electron chi connectivity index (χ0n) is 12.6. The largest absolute Gasteiger partial charge is 0.361 e. The molecule has 7 nitrogen and oxygen atoms in total. The first-order valence-corrected chi connectivity index (χ1v) is 6.69. The minimum Gasteiger partial charge on any atom is -0.361 e. The molecule has 0 atom stereocenters. The molecule has 0 amide bonds. The molecule has 0 aliphatic heterocycles. The Morgan fingerprint density at radius 2 is 2.09 bits per heavy atom. The maximum atomic E-state index is 12.7. The quantitative estimate of drug-likeness (QED) is 0.649. The number of hydrogen-bond donors (Lipinski definition) is 2. The Bertz CT molecular complexity index is 629. The van der Waals surface area contributed by atoms with Gasteiger partial charge in [0.1, 0.15) is 11.6 Å². The number of nitrogens with one attached hydrogen (secondary N) is 2. The molecule has 0 saturated heterocycles. The number of aryl methyl sites for hydroxylation is 2. The molecule has 0 aliphatic carbocycles. The molecule has 0 unspecified atom stereocenters. The van der Waals surface area contributed by atoms with E-state index < -0.39 is 6.55 Å². The lowest BCUT2D eigenvalue weighted by atomic mass is 10.2. The smallest absolute Gasteiger partial charge is 0.319 e. The third-order valence-corrected chi connectivity index (χ3v) is 3.21. The fourth-order valence-electron chi connectivity index (χ4n) is 1.97. The summed E-state index contributed by atoms with van der Waals surface area (Å²) in [5.41, 5.74) is 1.74. The molecule has 0 aliphatic rings.